The summed E-state index contributed by atoms with van der Waals surface area (Å²) in [6.07, 6.45) is 0.897. The van der Waals surface area contributed by atoms with Gasteiger partial charge in [0.1, 0.15) is 18.7 Å². The maximum atomic E-state index is 12.7. The van der Waals surface area contributed by atoms with Gasteiger partial charge < -0.3 is 24.7 Å². The summed E-state index contributed by atoms with van der Waals surface area (Å²) in [4.78, 5) is 26.8. The molecule has 0 saturated carbocycles. The van der Waals surface area contributed by atoms with E-state index < -0.39 is 0 Å². The Bertz CT molecular complexity index is 991. The molecule has 0 bridgehead atoms. The van der Waals surface area contributed by atoms with Gasteiger partial charge in [-0.05, 0) is 24.3 Å². The molecular formula is C23H26N3O4+. The molecule has 2 heterocycles. The Hall–Kier alpha value is -3.16. The summed E-state index contributed by atoms with van der Waals surface area (Å²) < 4.78 is 11.0. The topological polar surface area (TPSA) is 85.0 Å². The third-order valence-corrected chi connectivity index (χ3v) is 5.26. The molecule has 2 aromatic carbocycles. The van der Waals surface area contributed by atoms with Gasteiger partial charge in [0, 0.05) is 18.4 Å². The standard InChI is InChI=1S/C23H25N3O4/c27-22(24-10-5-11-26-12-14-29-15-13-26)18-7-2-3-8-19(18)25-23(28)21-16-17-6-1-4-9-20(17)30-21/h1-4,6-9,16H,5,10-15H2,(H,24,27)(H,25,28)/p+1. The van der Waals surface area contributed by atoms with Gasteiger partial charge in [-0.25, -0.2) is 0 Å². The average molecular weight is 408 g/mol. The number of benzene rings is 2. The zero-order chi connectivity index (χ0) is 20.8. The van der Waals surface area contributed by atoms with Gasteiger partial charge in [0.25, 0.3) is 11.8 Å². The third-order valence-electron chi connectivity index (χ3n) is 5.26. The molecule has 0 radical (unpaired) electrons. The molecule has 1 saturated heterocycles. The summed E-state index contributed by atoms with van der Waals surface area (Å²) in [5.41, 5.74) is 1.54. The van der Waals surface area contributed by atoms with Crippen LogP contribution in [0, 0.1) is 0 Å². The van der Waals surface area contributed by atoms with E-state index in [0.717, 1.165) is 44.7 Å². The van der Waals surface area contributed by atoms with Crippen molar-refractivity contribution in [2.45, 2.75) is 6.42 Å². The van der Waals surface area contributed by atoms with Crippen LogP contribution >= 0.6 is 0 Å². The molecule has 0 unspecified atom stereocenters. The van der Waals surface area contributed by atoms with Crippen LogP contribution in [0.3, 0.4) is 0 Å². The van der Waals surface area contributed by atoms with Gasteiger partial charge in [0.15, 0.2) is 5.76 Å². The molecule has 7 nitrogen and oxygen atoms in total. The molecule has 3 N–H and O–H groups in total. The number of carbonyl (C=O) groups is 2. The fourth-order valence-corrected chi connectivity index (χ4v) is 3.61. The van der Waals surface area contributed by atoms with Crippen LogP contribution in [0.5, 0.6) is 0 Å². The van der Waals surface area contributed by atoms with Crippen molar-refractivity contribution in [1.82, 2.24) is 5.32 Å². The third kappa shape index (κ3) is 4.87. The number of nitrogens with one attached hydrogen (secondary N) is 3. The largest absolute Gasteiger partial charge is 0.451 e. The van der Waals surface area contributed by atoms with Crippen molar-refractivity contribution in [3.05, 3.63) is 65.9 Å². The normalized spacial score (nSPS) is 14.5. The molecule has 156 valence electrons. The van der Waals surface area contributed by atoms with E-state index in [2.05, 4.69) is 10.6 Å². The molecule has 0 aliphatic carbocycles. The maximum Gasteiger partial charge on any atom is 0.291 e. The predicted molar refractivity (Wildman–Crippen MR) is 114 cm³/mol. The van der Waals surface area contributed by atoms with Crippen molar-refractivity contribution in [3.63, 3.8) is 0 Å². The number of fused-ring (bicyclic) bond motifs is 1. The Balaban J connectivity index is 1.35. The number of ether oxygens (including phenoxy) is 1. The van der Waals surface area contributed by atoms with Crippen molar-refractivity contribution in [1.29, 1.82) is 0 Å². The minimum absolute atomic E-state index is 0.201. The molecule has 3 aromatic rings. The van der Waals surface area contributed by atoms with E-state index in [0.29, 0.717) is 23.4 Å². The van der Waals surface area contributed by atoms with Gasteiger partial charge in [-0.15, -0.1) is 0 Å². The number of rotatable bonds is 7. The molecule has 4 rings (SSSR count). The van der Waals surface area contributed by atoms with Crippen LogP contribution in [-0.2, 0) is 4.74 Å². The summed E-state index contributed by atoms with van der Waals surface area (Å²) in [7, 11) is 0. The number of para-hydroxylation sites is 2. The SMILES string of the molecule is O=C(Nc1ccccc1C(=O)NCCC[NH+]1CCOCC1)c1cc2ccccc2o1. The van der Waals surface area contributed by atoms with Crippen molar-refractivity contribution < 1.29 is 23.6 Å². The zero-order valence-corrected chi connectivity index (χ0v) is 16.8. The molecule has 1 aliphatic rings. The minimum Gasteiger partial charge on any atom is -0.451 e. The van der Waals surface area contributed by atoms with Crippen LogP contribution in [0.15, 0.2) is 59.0 Å². The van der Waals surface area contributed by atoms with E-state index in [9.17, 15) is 9.59 Å². The number of anilines is 1. The summed E-state index contributed by atoms with van der Waals surface area (Å²) in [6, 6.07) is 16.1. The number of hydrogen-bond donors (Lipinski definition) is 3. The summed E-state index contributed by atoms with van der Waals surface area (Å²) in [5.74, 6) is -0.380. The molecule has 0 atom stereocenters. The minimum atomic E-state index is -0.387. The molecule has 30 heavy (non-hydrogen) atoms. The first-order chi connectivity index (χ1) is 14.7. The maximum absolute atomic E-state index is 12.7. The molecule has 2 amide bonds. The molecule has 1 aliphatic heterocycles. The van der Waals surface area contributed by atoms with E-state index in [-0.39, 0.29) is 17.6 Å². The second-order valence-electron chi connectivity index (χ2n) is 7.37. The van der Waals surface area contributed by atoms with Gasteiger partial charge in [0.2, 0.25) is 0 Å². The Kier molecular flexibility index (Phi) is 6.41. The average Bonchev–Trinajstić information content (AvgIpc) is 3.22. The highest BCUT2D eigenvalue weighted by molar-refractivity contribution is 6.09. The second-order valence-corrected chi connectivity index (χ2v) is 7.37. The lowest BCUT2D eigenvalue weighted by Gasteiger charge is -2.23. The fraction of sp³-hybridized carbons (Fsp3) is 0.304. The number of hydrogen-bond acceptors (Lipinski definition) is 4. The van der Waals surface area contributed by atoms with Gasteiger partial charge in [-0.3, -0.25) is 9.59 Å². The van der Waals surface area contributed by atoms with Crippen LogP contribution in [0.4, 0.5) is 5.69 Å². The zero-order valence-electron chi connectivity index (χ0n) is 16.8. The summed E-state index contributed by atoms with van der Waals surface area (Å²) in [5, 5.41) is 6.61. The highest BCUT2D eigenvalue weighted by Gasteiger charge is 2.17. The van der Waals surface area contributed by atoms with E-state index in [1.165, 1.54) is 4.90 Å². The summed E-state index contributed by atoms with van der Waals surface area (Å²) >= 11 is 0. The van der Waals surface area contributed by atoms with Crippen LogP contribution < -0.4 is 15.5 Å². The van der Waals surface area contributed by atoms with E-state index in [1.807, 2.05) is 24.3 Å². The lowest BCUT2D eigenvalue weighted by atomic mass is 10.1. The lowest BCUT2D eigenvalue weighted by molar-refractivity contribution is -0.908. The fourth-order valence-electron chi connectivity index (χ4n) is 3.61. The molecule has 7 heteroatoms. The Labute approximate surface area is 175 Å². The Morgan fingerprint density at radius 1 is 0.967 bits per heavy atom. The highest BCUT2D eigenvalue weighted by atomic mass is 16.5. The smallest absolute Gasteiger partial charge is 0.291 e. The Morgan fingerprint density at radius 2 is 1.73 bits per heavy atom. The van der Waals surface area contributed by atoms with Crippen molar-refractivity contribution in [2.75, 3.05) is 44.7 Å². The van der Waals surface area contributed by atoms with Crippen LogP contribution in [-0.4, -0.2) is 51.2 Å². The van der Waals surface area contributed by atoms with Crippen molar-refractivity contribution in [3.8, 4) is 0 Å². The molecule has 1 fully saturated rings. The monoisotopic (exact) mass is 408 g/mol. The Morgan fingerprint density at radius 3 is 2.57 bits per heavy atom. The van der Waals surface area contributed by atoms with Crippen LogP contribution in [0.25, 0.3) is 11.0 Å². The highest BCUT2D eigenvalue weighted by Crippen LogP contribution is 2.21. The quantitative estimate of drug-likeness (QED) is 0.520. The first-order valence-corrected chi connectivity index (χ1v) is 10.3. The van der Waals surface area contributed by atoms with Crippen LogP contribution in [0.2, 0.25) is 0 Å². The number of furan rings is 1. The predicted octanol–water partition coefficient (Wildman–Crippen LogP) is 1.72. The van der Waals surface area contributed by atoms with Gasteiger partial charge >= 0.3 is 0 Å². The van der Waals surface area contributed by atoms with Crippen molar-refractivity contribution in [2.24, 2.45) is 0 Å². The van der Waals surface area contributed by atoms with E-state index in [4.69, 9.17) is 9.15 Å². The second kappa shape index (κ2) is 9.56. The number of amides is 2. The van der Waals surface area contributed by atoms with Gasteiger partial charge in [-0.1, -0.05) is 30.3 Å². The van der Waals surface area contributed by atoms with Gasteiger partial charge in [0.05, 0.1) is 31.0 Å². The van der Waals surface area contributed by atoms with Crippen molar-refractivity contribution >= 4 is 28.5 Å². The number of morpholine rings is 1. The molecule has 1 aromatic heterocycles. The number of carbonyl (C=O) groups excluding carboxylic acids is 2. The first kappa shape index (κ1) is 20.1. The first-order valence-electron chi connectivity index (χ1n) is 10.3. The number of quaternary nitrogens is 1. The lowest BCUT2D eigenvalue weighted by Crippen LogP contribution is -3.14. The molecule has 0 spiro atoms. The van der Waals surface area contributed by atoms with E-state index in [1.54, 1.807) is 30.3 Å². The van der Waals surface area contributed by atoms with Crippen LogP contribution in [0.1, 0.15) is 27.3 Å². The summed E-state index contributed by atoms with van der Waals surface area (Å²) in [6.45, 7) is 5.25. The van der Waals surface area contributed by atoms with Gasteiger partial charge in [-0.2, -0.15) is 0 Å². The van der Waals surface area contributed by atoms with E-state index >= 15 is 0 Å². The molecular weight excluding hydrogens is 382 g/mol.